The van der Waals surface area contributed by atoms with E-state index in [1.807, 2.05) is 23.1 Å². The Morgan fingerprint density at radius 2 is 1.92 bits per heavy atom. The first-order valence-corrected chi connectivity index (χ1v) is 12.4. The van der Waals surface area contributed by atoms with Crippen molar-refractivity contribution in [2.75, 3.05) is 31.6 Å². The summed E-state index contributed by atoms with van der Waals surface area (Å²) in [6.45, 7) is 7.32. The van der Waals surface area contributed by atoms with Crippen LogP contribution in [-0.4, -0.2) is 60.3 Å². The van der Waals surface area contributed by atoms with Gasteiger partial charge in [0.15, 0.2) is 11.6 Å². The number of benzene rings is 1. The SMILES string of the molecule is COc1nc(N2CC(Cc3ccccc3)C2)c(F)cc1CNC(=O)[C@@H]1CCCN1C(=O)OC(C)(C)C. The number of halogens is 1. The van der Waals surface area contributed by atoms with Gasteiger partial charge in [-0.05, 0) is 57.6 Å². The largest absolute Gasteiger partial charge is 0.481 e. The van der Waals surface area contributed by atoms with Crippen LogP contribution in [0.25, 0.3) is 0 Å². The predicted octanol–water partition coefficient (Wildman–Crippen LogP) is 3.92. The number of pyridine rings is 1. The first kappa shape index (κ1) is 25.7. The molecule has 1 aromatic carbocycles. The van der Waals surface area contributed by atoms with Crippen LogP contribution in [0, 0.1) is 11.7 Å². The fraction of sp³-hybridized carbons (Fsp3) is 0.519. The summed E-state index contributed by atoms with van der Waals surface area (Å²) < 4.78 is 25.8. The third-order valence-corrected chi connectivity index (χ3v) is 6.45. The summed E-state index contributed by atoms with van der Waals surface area (Å²) in [5.74, 6) is 0.218. The van der Waals surface area contributed by atoms with Gasteiger partial charge in [-0.3, -0.25) is 9.69 Å². The lowest BCUT2D eigenvalue weighted by molar-refractivity contribution is -0.125. The molecular weight excluding hydrogens is 463 g/mol. The van der Waals surface area contributed by atoms with E-state index >= 15 is 4.39 Å². The summed E-state index contributed by atoms with van der Waals surface area (Å²) in [6.07, 6.45) is 1.70. The normalized spacial score (nSPS) is 18.1. The minimum Gasteiger partial charge on any atom is -0.481 e. The molecule has 2 amide bonds. The number of nitrogens with zero attached hydrogens (tertiary/aromatic N) is 3. The minimum absolute atomic E-state index is 0.0432. The number of rotatable bonds is 7. The molecule has 0 saturated carbocycles. The number of carbonyl (C=O) groups is 2. The standard InChI is InChI=1S/C27H35FN4O4/c1-27(2,3)36-26(34)32-12-8-11-22(32)24(33)29-15-20-14-21(28)23(30-25(20)35-4)31-16-19(17-31)13-18-9-6-5-7-10-18/h5-7,9-10,14,19,22H,8,11-13,15-17H2,1-4H3,(H,29,33)/t22-/m0/s1. The van der Waals surface area contributed by atoms with Gasteiger partial charge in [-0.25, -0.2) is 9.18 Å². The van der Waals surface area contributed by atoms with Crippen LogP contribution in [0.3, 0.4) is 0 Å². The van der Waals surface area contributed by atoms with Gasteiger partial charge < -0.3 is 19.7 Å². The van der Waals surface area contributed by atoms with E-state index < -0.39 is 23.6 Å². The zero-order valence-electron chi connectivity index (χ0n) is 21.4. The molecule has 2 saturated heterocycles. The second-order valence-corrected chi connectivity index (χ2v) is 10.5. The van der Waals surface area contributed by atoms with Crippen LogP contribution in [-0.2, 0) is 22.5 Å². The maximum Gasteiger partial charge on any atom is 0.410 e. The summed E-state index contributed by atoms with van der Waals surface area (Å²) >= 11 is 0. The number of amides is 2. The van der Waals surface area contributed by atoms with Crippen molar-refractivity contribution in [1.82, 2.24) is 15.2 Å². The van der Waals surface area contributed by atoms with Crippen molar-refractivity contribution >= 4 is 17.8 Å². The maximum absolute atomic E-state index is 15.0. The Morgan fingerprint density at radius 3 is 2.58 bits per heavy atom. The summed E-state index contributed by atoms with van der Waals surface area (Å²) in [7, 11) is 1.48. The highest BCUT2D eigenvalue weighted by Gasteiger charge is 2.37. The van der Waals surface area contributed by atoms with Crippen LogP contribution < -0.4 is 15.0 Å². The Kier molecular flexibility index (Phi) is 7.66. The van der Waals surface area contributed by atoms with E-state index in [1.165, 1.54) is 23.6 Å². The quantitative estimate of drug-likeness (QED) is 0.623. The molecule has 36 heavy (non-hydrogen) atoms. The molecule has 0 radical (unpaired) electrons. The smallest absolute Gasteiger partial charge is 0.410 e. The number of carbonyl (C=O) groups excluding carboxylic acids is 2. The summed E-state index contributed by atoms with van der Waals surface area (Å²) in [6, 6.07) is 11.0. The molecule has 8 nitrogen and oxygen atoms in total. The van der Waals surface area contributed by atoms with Gasteiger partial charge in [0.2, 0.25) is 11.8 Å². The van der Waals surface area contributed by atoms with E-state index in [9.17, 15) is 9.59 Å². The van der Waals surface area contributed by atoms with Crippen LogP contribution in [0.4, 0.5) is 15.0 Å². The third kappa shape index (κ3) is 6.06. The lowest BCUT2D eigenvalue weighted by Crippen LogP contribution is -2.48. The van der Waals surface area contributed by atoms with Crippen LogP contribution in [0.15, 0.2) is 36.4 Å². The van der Waals surface area contributed by atoms with Crippen molar-refractivity contribution < 1.29 is 23.5 Å². The van der Waals surface area contributed by atoms with E-state index in [1.54, 1.807) is 20.8 Å². The average molecular weight is 499 g/mol. The van der Waals surface area contributed by atoms with Crippen molar-refractivity contribution in [2.45, 2.75) is 58.2 Å². The second kappa shape index (κ2) is 10.7. The minimum atomic E-state index is -0.642. The molecule has 0 aliphatic carbocycles. The van der Waals surface area contributed by atoms with E-state index in [-0.39, 0.29) is 24.1 Å². The Hall–Kier alpha value is -3.36. The average Bonchev–Trinajstić information content (AvgIpc) is 3.30. The fourth-order valence-corrected chi connectivity index (χ4v) is 4.72. The van der Waals surface area contributed by atoms with Crippen molar-refractivity contribution in [3.8, 4) is 5.88 Å². The summed E-state index contributed by atoms with van der Waals surface area (Å²) in [5, 5.41) is 2.81. The highest BCUT2D eigenvalue weighted by Crippen LogP contribution is 2.31. The first-order chi connectivity index (χ1) is 17.1. The third-order valence-electron chi connectivity index (χ3n) is 6.45. The molecule has 0 bridgehead atoms. The van der Waals surface area contributed by atoms with Gasteiger partial charge in [-0.1, -0.05) is 30.3 Å². The molecule has 194 valence electrons. The van der Waals surface area contributed by atoms with Crippen molar-refractivity contribution in [3.63, 3.8) is 0 Å². The lowest BCUT2D eigenvalue weighted by Gasteiger charge is -2.40. The highest BCUT2D eigenvalue weighted by molar-refractivity contribution is 5.86. The predicted molar refractivity (Wildman–Crippen MR) is 134 cm³/mol. The molecule has 2 aliphatic heterocycles. The number of likely N-dealkylation sites (tertiary alicyclic amines) is 1. The molecule has 4 rings (SSSR count). The molecule has 2 fully saturated rings. The fourth-order valence-electron chi connectivity index (χ4n) is 4.72. The van der Waals surface area contributed by atoms with Crippen LogP contribution in [0.2, 0.25) is 0 Å². The molecule has 1 N–H and O–H groups in total. The number of methoxy groups -OCH3 is 1. The topological polar surface area (TPSA) is 84.0 Å². The zero-order valence-corrected chi connectivity index (χ0v) is 21.4. The van der Waals surface area contributed by atoms with Crippen LogP contribution >= 0.6 is 0 Å². The van der Waals surface area contributed by atoms with Crippen molar-refractivity contribution in [1.29, 1.82) is 0 Å². The monoisotopic (exact) mass is 498 g/mol. The number of anilines is 1. The van der Waals surface area contributed by atoms with E-state index in [0.717, 1.165) is 19.5 Å². The summed E-state index contributed by atoms with van der Waals surface area (Å²) in [5.41, 5.74) is 1.07. The number of hydrogen-bond acceptors (Lipinski definition) is 6. The highest BCUT2D eigenvalue weighted by atomic mass is 19.1. The van der Waals surface area contributed by atoms with E-state index in [4.69, 9.17) is 9.47 Å². The van der Waals surface area contributed by atoms with E-state index in [0.29, 0.717) is 30.9 Å². The van der Waals surface area contributed by atoms with Crippen LogP contribution in [0.1, 0.15) is 44.7 Å². The number of aromatic nitrogens is 1. The van der Waals surface area contributed by atoms with Gasteiger partial charge in [-0.15, -0.1) is 0 Å². The van der Waals surface area contributed by atoms with Crippen molar-refractivity contribution in [2.24, 2.45) is 5.92 Å². The van der Waals surface area contributed by atoms with Gasteiger partial charge in [0, 0.05) is 31.7 Å². The molecule has 2 aliphatic rings. The summed E-state index contributed by atoms with van der Waals surface area (Å²) in [4.78, 5) is 33.1. The molecular formula is C27H35FN4O4. The number of nitrogens with one attached hydrogen (secondary N) is 1. The van der Waals surface area contributed by atoms with Gasteiger partial charge in [0.05, 0.1) is 7.11 Å². The molecule has 1 aromatic heterocycles. The Balaban J connectivity index is 1.35. The molecule has 3 heterocycles. The molecule has 0 spiro atoms. The van der Waals surface area contributed by atoms with Crippen molar-refractivity contribution in [3.05, 3.63) is 53.3 Å². The molecule has 0 unspecified atom stereocenters. The number of ether oxygens (including phenoxy) is 2. The number of hydrogen-bond donors (Lipinski definition) is 1. The molecule has 2 aromatic rings. The van der Waals surface area contributed by atoms with Gasteiger partial charge >= 0.3 is 6.09 Å². The Labute approximate surface area is 211 Å². The Bertz CT molecular complexity index is 1080. The maximum atomic E-state index is 15.0. The zero-order chi connectivity index (χ0) is 25.9. The second-order valence-electron chi connectivity index (χ2n) is 10.5. The first-order valence-electron chi connectivity index (χ1n) is 12.4. The van der Waals surface area contributed by atoms with Gasteiger partial charge in [0.25, 0.3) is 0 Å². The molecule has 9 heteroatoms. The van der Waals surface area contributed by atoms with E-state index in [2.05, 4.69) is 22.4 Å². The van der Waals surface area contributed by atoms with Gasteiger partial charge in [0.1, 0.15) is 11.6 Å². The van der Waals surface area contributed by atoms with Crippen LogP contribution in [0.5, 0.6) is 5.88 Å². The van der Waals surface area contributed by atoms with Gasteiger partial charge in [-0.2, -0.15) is 4.98 Å². The lowest BCUT2D eigenvalue weighted by atomic mass is 9.92. The molecule has 1 atom stereocenters. The Morgan fingerprint density at radius 1 is 1.19 bits per heavy atom.